The molecular weight excluding hydrogens is 458 g/mol. The molecule has 0 spiro atoms. The summed E-state index contributed by atoms with van der Waals surface area (Å²) in [5, 5.41) is 3.33. The van der Waals surface area contributed by atoms with Crippen LogP contribution < -0.4 is 26.4 Å². The quantitative estimate of drug-likeness (QED) is 0.428. The van der Waals surface area contributed by atoms with Crippen LogP contribution in [0.25, 0.3) is 0 Å². The number of guanidine groups is 1. The molecule has 0 unspecified atom stereocenters. The van der Waals surface area contributed by atoms with Crippen LogP contribution in [0.1, 0.15) is 44.0 Å². The molecule has 2 amide bonds. The summed E-state index contributed by atoms with van der Waals surface area (Å²) in [4.78, 5) is 30.6. The van der Waals surface area contributed by atoms with Crippen LogP contribution in [0.15, 0.2) is 47.5 Å². The third-order valence-corrected chi connectivity index (χ3v) is 5.37. The van der Waals surface area contributed by atoms with E-state index in [1.165, 1.54) is 0 Å². The highest BCUT2D eigenvalue weighted by Gasteiger charge is 2.27. The van der Waals surface area contributed by atoms with Gasteiger partial charge in [-0.15, -0.1) is 0 Å². The highest BCUT2D eigenvalue weighted by Crippen LogP contribution is 2.39. The number of hydrogen-bond acceptors (Lipinski definition) is 5. The summed E-state index contributed by atoms with van der Waals surface area (Å²) in [7, 11) is 0. The number of amides is 2. The fraction of sp³-hybridized carbons (Fsp3) is 0.375. The second kappa shape index (κ2) is 10.6. The van der Waals surface area contributed by atoms with Crippen molar-refractivity contribution in [3.05, 3.63) is 53.1 Å². The summed E-state index contributed by atoms with van der Waals surface area (Å²) in [6, 6.07) is 12.2. The molecule has 2 aromatic rings. The normalized spacial score (nSPS) is 14.3. The largest absolute Gasteiger partial charge is 0.453 e. The molecule has 10 heteroatoms. The third kappa shape index (κ3) is 6.77. The lowest BCUT2D eigenvalue weighted by atomic mass is 10.0. The number of halogens is 1. The number of hydrogen-bond donors (Lipinski definition) is 3. The Morgan fingerprint density at radius 1 is 1.09 bits per heavy atom. The van der Waals surface area contributed by atoms with Crippen molar-refractivity contribution in [3.8, 4) is 11.5 Å². The van der Waals surface area contributed by atoms with Crippen molar-refractivity contribution in [2.75, 3.05) is 18.0 Å². The first kappa shape index (κ1) is 25.2. The summed E-state index contributed by atoms with van der Waals surface area (Å²) >= 11 is 6.30. The molecule has 0 aromatic heterocycles. The van der Waals surface area contributed by atoms with Gasteiger partial charge in [-0.3, -0.25) is 4.79 Å². The molecule has 182 valence electrons. The van der Waals surface area contributed by atoms with Crippen LogP contribution in [0, 0.1) is 0 Å². The molecule has 2 aromatic carbocycles. The van der Waals surface area contributed by atoms with Gasteiger partial charge in [-0.25, -0.2) is 4.79 Å². The summed E-state index contributed by atoms with van der Waals surface area (Å²) in [6.45, 7) is 6.73. The number of anilines is 1. The zero-order chi connectivity index (χ0) is 24.9. The van der Waals surface area contributed by atoms with Gasteiger partial charge in [-0.05, 0) is 57.9 Å². The average molecular weight is 488 g/mol. The topological polar surface area (TPSA) is 132 Å². The monoisotopic (exact) mass is 487 g/mol. The van der Waals surface area contributed by atoms with Gasteiger partial charge in [0.2, 0.25) is 0 Å². The molecule has 0 saturated carbocycles. The van der Waals surface area contributed by atoms with Crippen molar-refractivity contribution < 1.29 is 19.1 Å². The van der Waals surface area contributed by atoms with E-state index in [0.717, 1.165) is 0 Å². The van der Waals surface area contributed by atoms with Gasteiger partial charge in [0.1, 0.15) is 11.4 Å². The van der Waals surface area contributed by atoms with Gasteiger partial charge in [0.15, 0.2) is 11.7 Å². The highest BCUT2D eigenvalue weighted by molar-refractivity contribution is 6.32. The van der Waals surface area contributed by atoms with E-state index in [0.29, 0.717) is 48.1 Å². The number of aliphatic imine (C=N–C) groups is 1. The molecule has 9 nitrogen and oxygen atoms in total. The molecule has 0 radical (unpaired) electrons. The molecule has 3 rings (SSSR count). The number of carbonyl (C=O) groups is 2. The van der Waals surface area contributed by atoms with Crippen molar-refractivity contribution in [2.24, 2.45) is 16.5 Å². The summed E-state index contributed by atoms with van der Waals surface area (Å²) < 4.78 is 11.5. The predicted molar refractivity (Wildman–Crippen MR) is 133 cm³/mol. The molecule has 1 heterocycles. The average Bonchev–Trinajstić information content (AvgIpc) is 2.74. The zero-order valence-electron chi connectivity index (χ0n) is 19.5. The van der Waals surface area contributed by atoms with E-state index >= 15 is 0 Å². The van der Waals surface area contributed by atoms with Crippen molar-refractivity contribution in [2.45, 2.75) is 45.3 Å². The van der Waals surface area contributed by atoms with E-state index in [9.17, 15) is 9.59 Å². The number of benzene rings is 2. The van der Waals surface area contributed by atoms with E-state index in [1.807, 2.05) is 26.8 Å². The fourth-order valence-electron chi connectivity index (χ4n) is 3.60. The maximum Gasteiger partial charge on any atom is 0.407 e. The lowest BCUT2D eigenvalue weighted by molar-refractivity contribution is 0.0497. The van der Waals surface area contributed by atoms with Gasteiger partial charge in [0.05, 0.1) is 16.3 Å². The lowest BCUT2D eigenvalue weighted by Gasteiger charge is -2.35. The summed E-state index contributed by atoms with van der Waals surface area (Å²) in [5.41, 5.74) is 11.2. The van der Waals surface area contributed by atoms with Crippen LogP contribution in [0.4, 0.5) is 10.5 Å². The Morgan fingerprint density at radius 3 is 2.38 bits per heavy atom. The van der Waals surface area contributed by atoms with Crippen LogP contribution in [0.3, 0.4) is 0 Å². The van der Waals surface area contributed by atoms with Crippen molar-refractivity contribution in [1.29, 1.82) is 0 Å². The molecule has 1 fully saturated rings. The van der Waals surface area contributed by atoms with Crippen LogP contribution in [-0.2, 0) is 4.74 Å². The molecule has 34 heavy (non-hydrogen) atoms. The molecule has 0 aliphatic carbocycles. The van der Waals surface area contributed by atoms with Crippen LogP contribution in [0.5, 0.6) is 11.5 Å². The predicted octanol–water partition coefficient (Wildman–Crippen LogP) is 4.04. The van der Waals surface area contributed by atoms with Gasteiger partial charge in [0, 0.05) is 19.1 Å². The number of ether oxygens (including phenoxy) is 2. The standard InChI is InChI=1S/C24H30ClN5O4/c1-24(2,3)34-23(32)28-15-11-13-30(14-12-15)18-9-6-7-16(21(31)29-22(26)27)20(18)33-19-10-5-4-8-17(19)25/h4-10,15H,11-14H2,1-3H3,(H,28,32)(H4,26,27,29,31). The van der Waals surface area contributed by atoms with Crippen molar-refractivity contribution in [1.82, 2.24) is 5.32 Å². The van der Waals surface area contributed by atoms with Crippen LogP contribution >= 0.6 is 11.6 Å². The number of piperidine rings is 1. The van der Waals surface area contributed by atoms with Gasteiger partial charge < -0.3 is 31.2 Å². The molecule has 5 N–H and O–H groups in total. The maximum absolute atomic E-state index is 12.7. The van der Waals surface area contributed by atoms with Crippen molar-refractivity contribution in [3.63, 3.8) is 0 Å². The van der Waals surface area contributed by atoms with Crippen LogP contribution in [-0.4, -0.2) is 42.7 Å². The first-order chi connectivity index (χ1) is 16.0. The van der Waals surface area contributed by atoms with Crippen LogP contribution in [0.2, 0.25) is 5.02 Å². The first-order valence-corrected chi connectivity index (χ1v) is 11.3. The SMILES string of the molecule is CC(C)(C)OC(=O)NC1CCN(c2cccc(C(=O)N=C(N)N)c2Oc2ccccc2Cl)CC1. The highest BCUT2D eigenvalue weighted by atomic mass is 35.5. The molecule has 1 aliphatic rings. The Hall–Kier alpha value is -3.46. The van der Waals surface area contributed by atoms with Gasteiger partial charge in [0.25, 0.3) is 5.91 Å². The molecule has 0 atom stereocenters. The number of rotatable bonds is 5. The minimum absolute atomic E-state index is 0.0227. The van der Waals surface area contributed by atoms with E-state index in [4.69, 9.17) is 32.5 Å². The number of nitrogens with zero attached hydrogens (tertiary/aromatic N) is 2. The minimum Gasteiger partial charge on any atom is -0.453 e. The van der Waals surface area contributed by atoms with Gasteiger partial charge in [-0.2, -0.15) is 4.99 Å². The summed E-state index contributed by atoms with van der Waals surface area (Å²) in [6.07, 6.45) is 0.951. The number of para-hydroxylation sites is 2. The zero-order valence-corrected chi connectivity index (χ0v) is 20.3. The van der Waals surface area contributed by atoms with Crippen molar-refractivity contribution >= 4 is 35.2 Å². The lowest BCUT2D eigenvalue weighted by Crippen LogP contribution is -2.46. The second-order valence-electron chi connectivity index (χ2n) is 8.94. The van der Waals surface area contributed by atoms with Gasteiger partial charge >= 0.3 is 6.09 Å². The first-order valence-electron chi connectivity index (χ1n) is 11.0. The number of carbonyl (C=O) groups excluding carboxylic acids is 2. The molecule has 1 aliphatic heterocycles. The second-order valence-corrected chi connectivity index (χ2v) is 9.34. The Kier molecular flexibility index (Phi) is 7.88. The number of nitrogens with one attached hydrogen (secondary N) is 1. The molecular formula is C24H30ClN5O4. The summed E-state index contributed by atoms with van der Waals surface area (Å²) in [5.74, 6) is -0.250. The third-order valence-electron chi connectivity index (χ3n) is 5.06. The minimum atomic E-state index is -0.620. The van der Waals surface area contributed by atoms with E-state index in [1.54, 1.807) is 36.4 Å². The Balaban J connectivity index is 1.84. The van der Waals surface area contributed by atoms with E-state index < -0.39 is 17.6 Å². The number of alkyl carbamates (subject to hydrolysis) is 1. The smallest absolute Gasteiger partial charge is 0.407 e. The Morgan fingerprint density at radius 2 is 1.76 bits per heavy atom. The Labute approximate surface area is 204 Å². The fourth-order valence-corrected chi connectivity index (χ4v) is 3.78. The van der Waals surface area contributed by atoms with Gasteiger partial charge in [-0.1, -0.05) is 29.8 Å². The molecule has 1 saturated heterocycles. The Bertz CT molecular complexity index is 1070. The number of nitrogens with two attached hydrogens (primary N) is 2. The molecule has 0 bridgehead atoms. The van der Waals surface area contributed by atoms with E-state index in [-0.39, 0.29) is 17.6 Å². The van der Waals surface area contributed by atoms with E-state index in [2.05, 4.69) is 15.2 Å². The maximum atomic E-state index is 12.7.